The van der Waals surface area contributed by atoms with Gasteiger partial charge in [-0.15, -0.1) is 0 Å². The first kappa shape index (κ1) is 13.1. The molecule has 2 N–H and O–H groups in total. The van der Waals surface area contributed by atoms with E-state index >= 15 is 0 Å². The lowest BCUT2D eigenvalue weighted by Gasteiger charge is -2.17. The van der Waals surface area contributed by atoms with Gasteiger partial charge < -0.3 is 15.2 Å². The summed E-state index contributed by atoms with van der Waals surface area (Å²) in [4.78, 5) is 0. The minimum atomic E-state index is 0.572. The van der Waals surface area contributed by atoms with E-state index in [0.29, 0.717) is 17.3 Å². The molecule has 0 spiro atoms. The third-order valence-corrected chi connectivity index (χ3v) is 2.92. The molecule has 4 heteroatoms. The van der Waals surface area contributed by atoms with Crippen molar-refractivity contribution in [2.75, 3.05) is 20.8 Å². The molecule has 1 aromatic rings. The largest absolute Gasteiger partial charge is 0.493 e. The van der Waals surface area contributed by atoms with Crippen LogP contribution in [0.4, 0.5) is 0 Å². The monoisotopic (exact) mass is 243 g/mol. The Morgan fingerprint density at radius 2 is 1.94 bits per heavy atom. The lowest BCUT2D eigenvalue weighted by Crippen LogP contribution is -2.08. The molecular weight excluding hydrogens is 226 g/mol. The van der Waals surface area contributed by atoms with Crippen LogP contribution >= 0.6 is 11.6 Å². The average Bonchev–Trinajstić information content (AvgIpc) is 2.30. The van der Waals surface area contributed by atoms with Crippen LogP contribution in [0.15, 0.2) is 6.07 Å². The molecule has 0 heterocycles. The van der Waals surface area contributed by atoms with E-state index in [1.807, 2.05) is 0 Å². The zero-order valence-corrected chi connectivity index (χ0v) is 10.7. The average molecular weight is 244 g/mol. The van der Waals surface area contributed by atoms with Crippen LogP contribution in [0.1, 0.15) is 18.1 Å². The Balaban J connectivity index is 3.38. The topological polar surface area (TPSA) is 44.5 Å². The van der Waals surface area contributed by atoms with Crippen LogP contribution < -0.4 is 15.2 Å². The summed E-state index contributed by atoms with van der Waals surface area (Å²) in [7, 11) is 3.24. The highest BCUT2D eigenvalue weighted by atomic mass is 35.5. The SMILES string of the molecule is CCc1c(CCN)c(Cl)cc(OC)c1OC. The Morgan fingerprint density at radius 1 is 1.25 bits per heavy atom. The molecule has 0 amide bonds. The summed E-state index contributed by atoms with van der Waals surface area (Å²) in [6.45, 7) is 2.63. The summed E-state index contributed by atoms with van der Waals surface area (Å²) in [6.07, 6.45) is 1.60. The van der Waals surface area contributed by atoms with Crippen molar-refractivity contribution >= 4 is 11.6 Å². The number of hydrogen-bond donors (Lipinski definition) is 1. The maximum absolute atomic E-state index is 6.21. The number of ether oxygens (including phenoxy) is 2. The van der Waals surface area contributed by atoms with Crippen molar-refractivity contribution in [3.8, 4) is 11.5 Å². The minimum Gasteiger partial charge on any atom is -0.493 e. The Hall–Kier alpha value is -0.930. The molecular formula is C12H18ClNO2. The highest BCUT2D eigenvalue weighted by molar-refractivity contribution is 6.31. The van der Waals surface area contributed by atoms with Crippen molar-refractivity contribution in [2.24, 2.45) is 5.73 Å². The van der Waals surface area contributed by atoms with Crippen molar-refractivity contribution < 1.29 is 9.47 Å². The zero-order chi connectivity index (χ0) is 12.1. The van der Waals surface area contributed by atoms with Crippen molar-refractivity contribution in [1.82, 2.24) is 0 Å². The first-order valence-electron chi connectivity index (χ1n) is 5.31. The quantitative estimate of drug-likeness (QED) is 0.864. The van der Waals surface area contributed by atoms with Crippen LogP contribution in [-0.4, -0.2) is 20.8 Å². The molecule has 0 aliphatic heterocycles. The van der Waals surface area contributed by atoms with Gasteiger partial charge in [0.2, 0.25) is 0 Å². The fourth-order valence-electron chi connectivity index (χ4n) is 1.86. The summed E-state index contributed by atoms with van der Waals surface area (Å²) in [5.74, 6) is 1.43. The molecule has 0 unspecified atom stereocenters. The third-order valence-electron chi connectivity index (χ3n) is 2.58. The number of benzene rings is 1. The van der Waals surface area contributed by atoms with Crippen LogP contribution in [0.25, 0.3) is 0 Å². The Bertz CT molecular complexity index is 367. The molecule has 16 heavy (non-hydrogen) atoms. The van der Waals surface area contributed by atoms with Gasteiger partial charge in [0.25, 0.3) is 0 Å². The van der Waals surface area contributed by atoms with Crippen molar-refractivity contribution in [3.05, 3.63) is 22.2 Å². The zero-order valence-electron chi connectivity index (χ0n) is 9.97. The molecule has 0 radical (unpaired) electrons. The van der Waals surface area contributed by atoms with E-state index in [4.69, 9.17) is 26.8 Å². The van der Waals surface area contributed by atoms with E-state index < -0.39 is 0 Å². The maximum atomic E-state index is 6.21. The van der Waals surface area contributed by atoms with Crippen LogP contribution in [0.5, 0.6) is 11.5 Å². The van der Waals surface area contributed by atoms with Crippen LogP contribution in [0.2, 0.25) is 5.02 Å². The number of hydrogen-bond acceptors (Lipinski definition) is 3. The number of rotatable bonds is 5. The molecule has 0 aromatic heterocycles. The maximum Gasteiger partial charge on any atom is 0.164 e. The minimum absolute atomic E-state index is 0.572. The smallest absolute Gasteiger partial charge is 0.164 e. The molecule has 0 bridgehead atoms. The fourth-order valence-corrected chi connectivity index (χ4v) is 2.17. The molecule has 0 saturated heterocycles. The molecule has 0 aliphatic carbocycles. The van der Waals surface area contributed by atoms with Crippen molar-refractivity contribution in [2.45, 2.75) is 19.8 Å². The van der Waals surface area contributed by atoms with Crippen molar-refractivity contribution in [1.29, 1.82) is 0 Å². The second-order valence-corrected chi connectivity index (χ2v) is 3.85. The molecule has 0 saturated carbocycles. The number of halogens is 1. The third kappa shape index (κ3) is 2.42. The second kappa shape index (κ2) is 5.97. The molecule has 0 aliphatic rings. The summed E-state index contributed by atoms with van der Waals surface area (Å²) in [6, 6.07) is 1.78. The van der Waals surface area contributed by atoms with E-state index in [1.54, 1.807) is 20.3 Å². The molecule has 3 nitrogen and oxygen atoms in total. The first-order chi connectivity index (χ1) is 7.69. The molecule has 0 atom stereocenters. The van der Waals surface area contributed by atoms with Gasteiger partial charge in [-0.2, -0.15) is 0 Å². The Labute approximate surface area is 101 Å². The van der Waals surface area contributed by atoms with Gasteiger partial charge >= 0.3 is 0 Å². The molecule has 1 aromatic carbocycles. The highest BCUT2D eigenvalue weighted by Crippen LogP contribution is 2.38. The lowest BCUT2D eigenvalue weighted by molar-refractivity contribution is 0.351. The van der Waals surface area contributed by atoms with E-state index in [-0.39, 0.29) is 0 Å². The number of nitrogens with two attached hydrogens (primary N) is 1. The highest BCUT2D eigenvalue weighted by Gasteiger charge is 2.16. The van der Waals surface area contributed by atoms with Crippen LogP contribution in [0.3, 0.4) is 0 Å². The van der Waals surface area contributed by atoms with Gasteiger partial charge in [0.05, 0.1) is 14.2 Å². The van der Waals surface area contributed by atoms with Gasteiger partial charge in [-0.25, -0.2) is 0 Å². The van der Waals surface area contributed by atoms with E-state index in [0.717, 1.165) is 29.7 Å². The summed E-state index contributed by atoms with van der Waals surface area (Å²) < 4.78 is 10.6. The van der Waals surface area contributed by atoms with Gasteiger partial charge in [-0.3, -0.25) is 0 Å². The van der Waals surface area contributed by atoms with Crippen LogP contribution in [0, 0.1) is 0 Å². The standard InChI is InChI=1S/C12H18ClNO2/c1-4-8-9(5-6-14)10(13)7-11(15-2)12(8)16-3/h7H,4-6,14H2,1-3H3. The Kier molecular flexibility index (Phi) is 4.90. The van der Waals surface area contributed by atoms with E-state index in [9.17, 15) is 0 Å². The second-order valence-electron chi connectivity index (χ2n) is 3.44. The molecule has 1 rings (SSSR count). The lowest BCUT2D eigenvalue weighted by atomic mass is 10.0. The normalized spacial score (nSPS) is 10.3. The van der Waals surface area contributed by atoms with E-state index in [1.165, 1.54) is 0 Å². The van der Waals surface area contributed by atoms with Gasteiger partial charge in [0, 0.05) is 16.7 Å². The predicted octanol–water partition coefficient (Wildman–Crippen LogP) is 2.42. The summed E-state index contributed by atoms with van der Waals surface area (Å²) in [5, 5.41) is 0.694. The van der Waals surface area contributed by atoms with Gasteiger partial charge in [-0.1, -0.05) is 18.5 Å². The molecule has 90 valence electrons. The number of methoxy groups -OCH3 is 2. The molecule has 0 fully saturated rings. The van der Waals surface area contributed by atoms with Crippen LogP contribution in [-0.2, 0) is 12.8 Å². The van der Waals surface area contributed by atoms with Gasteiger partial charge in [0.1, 0.15) is 0 Å². The Morgan fingerprint density at radius 3 is 2.38 bits per heavy atom. The summed E-state index contributed by atoms with van der Waals surface area (Å²) >= 11 is 6.21. The van der Waals surface area contributed by atoms with Crippen molar-refractivity contribution in [3.63, 3.8) is 0 Å². The first-order valence-corrected chi connectivity index (χ1v) is 5.69. The fraction of sp³-hybridized carbons (Fsp3) is 0.500. The van der Waals surface area contributed by atoms with Gasteiger partial charge in [-0.05, 0) is 24.9 Å². The van der Waals surface area contributed by atoms with Gasteiger partial charge in [0.15, 0.2) is 11.5 Å². The van der Waals surface area contributed by atoms with E-state index in [2.05, 4.69) is 6.92 Å². The predicted molar refractivity (Wildman–Crippen MR) is 66.7 cm³/mol. The summed E-state index contributed by atoms with van der Waals surface area (Å²) in [5.41, 5.74) is 7.72.